The summed E-state index contributed by atoms with van der Waals surface area (Å²) in [5.41, 5.74) is -0.847. The lowest BCUT2D eigenvalue weighted by atomic mass is 9.96. The summed E-state index contributed by atoms with van der Waals surface area (Å²) in [4.78, 5) is 26.0. The van der Waals surface area contributed by atoms with Crippen molar-refractivity contribution in [1.82, 2.24) is 10.2 Å². The van der Waals surface area contributed by atoms with Gasteiger partial charge in [-0.25, -0.2) is 4.79 Å². The van der Waals surface area contributed by atoms with Gasteiger partial charge in [-0.1, -0.05) is 19.9 Å². The lowest BCUT2D eigenvalue weighted by molar-refractivity contribution is -0.138. The molecule has 0 saturated carbocycles. The molecule has 1 aromatic carbocycles. The van der Waals surface area contributed by atoms with Gasteiger partial charge in [0, 0.05) is 25.6 Å². The number of rotatable bonds is 7. The number of nitrogens with one attached hydrogen (secondary N) is 1. The third-order valence-corrected chi connectivity index (χ3v) is 4.88. The zero-order valence-corrected chi connectivity index (χ0v) is 18.4. The van der Waals surface area contributed by atoms with Crippen LogP contribution < -0.4 is 10.1 Å². The summed E-state index contributed by atoms with van der Waals surface area (Å²) in [6.07, 6.45) is -4.32. The molecule has 1 fully saturated rings. The minimum atomic E-state index is -4.56. The molecule has 0 radical (unpaired) electrons. The van der Waals surface area contributed by atoms with Crippen molar-refractivity contribution in [1.29, 1.82) is 0 Å². The van der Waals surface area contributed by atoms with Crippen molar-refractivity contribution < 1.29 is 32.2 Å². The molecule has 0 unspecified atom stereocenters. The van der Waals surface area contributed by atoms with Crippen LogP contribution in [0.3, 0.4) is 0 Å². The monoisotopic (exact) mass is 444 g/mol. The minimum Gasteiger partial charge on any atom is -0.491 e. The normalized spacial score (nSPS) is 15.3. The zero-order chi connectivity index (χ0) is 23.2. The molecular weight excluding hydrogens is 413 g/mol. The number of halogens is 3. The first kappa shape index (κ1) is 24.8. The number of hydrogen-bond donors (Lipinski definition) is 1. The molecule has 2 rings (SSSR count). The van der Waals surface area contributed by atoms with Gasteiger partial charge < -0.3 is 19.7 Å². The molecule has 174 valence electrons. The van der Waals surface area contributed by atoms with Crippen LogP contribution in [0.5, 0.6) is 5.75 Å². The van der Waals surface area contributed by atoms with Crippen LogP contribution in [-0.4, -0.2) is 42.7 Å². The fraction of sp³-hybridized carbons (Fsp3) is 0.636. The van der Waals surface area contributed by atoms with Gasteiger partial charge in [-0.2, -0.15) is 13.2 Å². The van der Waals surface area contributed by atoms with Gasteiger partial charge in [0.05, 0.1) is 18.3 Å². The molecule has 31 heavy (non-hydrogen) atoms. The van der Waals surface area contributed by atoms with Crippen LogP contribution >= 0.6 is 0 Å². The van der Waals surface area contributed by atoms with Crippen molar-refractivity contribution in [2.75, 3.05) is 19.7 Å². The third kappa shape index (κ3) is 7.63. The molecule has 0 aliphatic carbocycles. The maximum absolute atomic E-state index is 13.5. The van der Waals surface area contributed by atoms with Crippen LogP contribution in [0.2, 0.25) is 0 Å². The van der Waals surface area contributed by atoms with Crippen molar-refractivity contribution in [3.63, 3.8) is 0 Å². The number of hydrogen-bond acceptors (Lipinski definition) is 4. The minimum absolute atomic E-state index is 0.0216. The number of ether oxygens (including phenoxy) is 2. The predicted molar refractivity (Wildman–Crippen MR) is 110 cm³/mol. The van der Waals surface area contributed by atoms with Gasteiger partial charge >= 0.3 is 12.3 Å². The van der Waals surface area contributed by atoms with Crippen LogP contribution in [0.4, 0.5) is 18.0 Å². The van der Waals surface area contributed by atoms with Crippen LogP contribution in [0.15, 0.2) is 18.2 Å². The Bertz CT molecular complexity index is 758. The maximum Gasteiger partial charge on any atom is 0.416 e. The van der Waals surface area contributed by atoms with E-state index in [0.717, 1.165) is 6.07 Å². The first-order chi connectivity index (χ1) is 14.5. The Morgan fingerprint density at radius 2 is 1.81 bits per heavy atom. The molecule has 1 saturated heterocycles. The molecule has 1 heterocycles. The van der Waals surface area contributed by atoms with Gasteiger partial charge in [0.1, 0.15) is 5.75 Å². The summed E-state index contributed by atoms with van der Waals surface area (Å²) in [5.74, 6) is -0.299. The van der Waals surface area contributed by atoms with Crippen LogP contribution in [-0.2, 0) is 22.3 Å². The number of nitrogens with zero attached hydrogens (tertiary/aromatic N) is 1. The molecule has 9 heteroatoms. The largest absolute Gasteiger partial charge is 0.491 e. The molecule has 0 atom stereocenters. The van der Waals surface area contributed by atoms with Gasteiger partial charge in [-0.05, 0) is 50.3 Å². The van der Waals surface area contributed by atoms with E-state index in [-0.39, 0.29) is 41.7 Å². The molecule has 2 amide bonds. The Labute approximate surface area is 181 Å². The average Bonchev–Trinajstić information content (AvgIpc) is 2.69. The lowest BCUT2D eigenvalue weighted by Crippen LogP contribution is -2.43. The predicted octanol–water partition coefficient (Wildman–Crippen LogP) is 4.61. The van der Waals surface area contributed by atoms with Crippen LogP contribution in [0, 0.1) is 11.8 Å². The number of carbonyl (C=O) groups excluding carboxylic acids is 2. The summed E-state index contributed by atoms with van der Waals surface area (Å²) in [7, 11) is 0. The highest BCUT2D eigenvalue weighted by Crippen LogP contribution is 2.34. The summed E-state index contributed by atoms with van der Waals surface area (Å²) in [5, 5.41) is 2.61. The first-order valence-electron chi connectivity index (χ1n) is 10.5. The molecule has 1 aliphatic heterocycles. The molecule has 0 spiro atoms. The molecule has 1 aromatic rings. The van der Waals surface area contributed by atoms with Crippen molar-refractivity contribution in [2.45, 2.75) is 59.4 Å². The maximum atomic E-state index is 13.5. The van der Waals surface area contributed by atoms with Gasteiger partial charge in [0.2, 0.25) is 5.91 Å². The SMILES string of the molecule is CC(C)COC(=O)N1CCC(C(=O)NCc2ccc(OC(C)C)cc2C(F)(F)F)CC1. The topological polar surface area (TPSA) is 67.9 Å². The highest BCUT2D eigenvalue weighted by Gasteiger charge is 2.34. The number of alkyl halides is 3. The molecule has 0 bridgehead atoms. The van der Waals surface area contributed by atoms with Gasteiger partial charge in [0.15, 0.2) is 0 Å². The van der Waals surface area contributed by atoms with E-state index in [2.05, 4.69) is 5.32 Å². The van der Waals surface area contributed by atoms with E-state index in [9.17, 15) is 22.8 Å². The van der Waals surface area contributed by atoms with Gasteiger partial charge in [-0.15, -0.1) is 0 Å². The molecular formula is C22H31F3N2O4. The Morgan fingerprint density at radius 3 is 2.35 bits per heavy atom. The summed E-state index contributed by atoms with van der Waals surface area (Å²) in [6, 6.07) is 3.76. The molecule has 1 aliphatic rings. The molecule has 6 nitrogen and oxygen atoms in total. The second-order valence-corrected chi connectivity index (χ2v) is 8.43. The van der Waals surface area contributed by atoms with Gasteiger partial charge in [-0.3, -0.25) is 4.79 Å². The first-order valence-corrected chi connectivity index (χ1v) is 10.5. The third-order valence-electron chi connectivity index (χ3n) is 4.88. The quantitative estimate of drug-likeness (QED) is 0.667. The second kappa shape index (κ2) is 10.7. The number of piperidine rings is 1. The van der Waals surface area contributed by atoms with Crippen molar-refractivity contribution in [3.05, 3.63) is 29.3 Å². The van der Waals surface area contributed by atoms with Crippen LogP contribution in [0.25, 0.3) is 0 Å². The zero-order valence-electron chi connectivity index (χ0n) is 18.4. The smallest absolute Gasteiger partial charge is 0.416 e. The Kier molecular flexibility index (Phi) is 8.59. The summed E-state index contributed by atoms with van der Waals surface area (Å²) >= 11 is 0. The fourth-order valence-corrected chi connectivity index (χ4v) is 3.30. The number of amides is 2. The number of benzene rings is 1. The van der Waals surface area contributed by atoms with E-state index in [1.165, 1.54) is 12.1 Å². The fourth-order valence-electron chi connectivity index (χ4n) is 3.30. The number of carbonyl (C=O) groups is 2. The summed E-state index contributed by atoms with van der Waals surface area (Å²) < 4.78 is 50.9. The van der Waals surface area contributed by atoms with Crippen molar-refractivity contribution in [2.24, 2.45) is 11.8 Å². The van der Waals surface area contributed by atoms with E-state index in [1.807, 2.05) is 13.8 Å². The van der Waals surface area contributed by atoms with E-state index in [0.29, 0.717) is 32.5 Å². The Balaban J connectivity index is 1.92. The van der Waals surface area contributed by atoms with Crippen molar-refractivity contribution >= 4 is 12.0 Å². The van der Waals surface area contributed by atoms with Crippen LogP contribution in [0.1, 0.15) is 51.7 Å². The standard InChI is InChI=1S/C22H31F3N2O4/c1-14(2)13-30-21(29)27-9-7-16(8-10-27)20(28)26-12-17-5-6-18(31-15(3)4)11-19(17)22(23,24)25/h5-6,11,14-16H,7-10,12-13H2,1-4H3,(H,26,28). The summed E-state index contributed by atoms with van der Waals surface area (Å²) in [6.45, 7) is 8.22. The highest BCUT2D eigenvalue weighted by molar-refractivity contribution is 5.79. The average molecular weight is 444 g/mol. The van der Waals surface area contributed by atoms with E-state index in [1.54, 1.807) is 18.7 Å². The Hall–Kier alpha value is -2.45. The lowest BCUT2D eigenvalue weighted by Gasteiger charge is -2.30. The number of likely N-dealkylation sites (tertiary alicyclic amines) is 1. The Morgan fingerprint density at radius 1 is 1.16 bits per heavy atom. The molecule has 0 aromatic heterocycles. The van der Waals surface area contributed by atoms with Gasteiger partial charge in [0.25, 0.3) is 0 Å². The highest BCUT2D eigenvalue weighted by atomic mass is 19.4. The van der Waals surface area contributed by atoms with E-state index in [4.69, 9.17) is 9.47 Å². The second-order valence-electron chi connectivity index (χ2n) is 8.43. The van der Waals surface area contributed by atoms with E-state index < -0.39 is 17.8 Å². The molecule has 1 N–H and O–H groups in total. The van der Waals surface area contributed by atoms with E-state index >= 15 is 0 Å². The van der Waals surface area contributed by atoms with Crippen molar-refractivity contribution in [3.8, 4) is 5.75 Å².